The number of carbonyl (C=O) groups is 2. The molecule has 37 heavy (non-hydrogen) atoms. The quantitative estimate of drug-likeness (QED) is 0.576. The molecule has 4 rings (SSSR count). The van der Waals surface area contributed by atoms with Crippen molar-refractivity contribution in [2.45, 2.75) is 38.6 Å². The second-order valence-corrected chi connectivity index (χ2v) is 9.45. The topological polar surface area (TPSA) is 62.3 Å². The fraction of sp³-hybridized carbons (Fsp3) is 0.481. The summed E-state index contributed by atoms with van der Waals surface area (Å²) in [5, 5.41) is 0. The van der Waals surface area contributed by atoms with Crippen molar-refractivity contribution < 1.29 is 32.2 Å². The molecule has 0 aromatic heterocycles. The molecule has 2 aliphatic heterocycles. The Labute approximate surface area is 214 Å². The second kappa shape index (κ2) is 11.4. The van der Waals surface area contributed by atoms with Gasteiger partial charge in [0, 0.05) is 71.1 Å². The Kier molecular flexibility index (Phi) is 8.26. The highest BCUT2D eigenvalue weighted by atomic mass is 19.4. The van der Waals surface area contributed by atoms with Crippen molar-refractivity contribution in [2.24, 2.45) is 0 Å². The first-order valence-corrected chi connectivity index (χ1v) is 12.4. The summed E-state index contributed by atoms with van der Waals surface area (Å²) < 4.78 is 50.2. The van der Waals surface area contributed by atoms with E-state index in [1.54, 1.807) is 18.9 Å². The average molecular weight is 520 g/mol. The van der Waals surface area contributed by atoms with Gasteiger partial charge in [-0.05, 0) is 42.0 Å². The Bertz CT molecular complexity index is 1090. The first kappa shape index (κ1) is 26.8. The smallest absolute Gasteiger partial charge is 0.416 e. The lowest BCUT2D eigenvalue weighted by Crippen LogP contribution is -2.47. The van der Waals surface area contributed by atoms with Crippen molar-refractivity contribution in [1.82, 2.24) is 14.7 Å². The molecule has 0 saturated carbocycles. The Morgan fingerprint density at radius 2 is 1.54 bits per heavy atom. The third-order valence-corrected chi connectivity index (χ3v) is 6.93. The Balaban J connectivity index is 1.32. The molecule has 0 N–H and O–H groups in total. The largest absolute Gasteiger partial charge is 0.493 e. The fourth-order valence-electron chi connectivity index (χ4n) is 4.73. The van der Waals surface area contributed by atoms with E-state index in [1.807, 2.05) is 23.1 Å². The lowest BCUT2D eigenvalue weighted by atomic mass is 10.0. The molecule has 0 atom stereocenters. The summed E-state index contributed by atoms with van der Waals surface area (Å²) in [6, 6.07) is 10.2. The number of methoxy groups -OCH3 is 1. The maximum Gasteiger partial charge on any atom is 0.416 e. The number of halogens is 3. The molecule has 0 radical (unpaired) electrons. The summed E-state index contributed by atoms with van der Waals surface area (Å²) in [5.41, 5.74) is 0.554. The minimum Gasteiger partial charge on any atom is -0.493 e. The van der Waals surface area contributed by atoms with Gasteiger partial charge >= 0.3 is 6.18 Å². The van der Waals surface area contributed by atoms with Gasteiger partial charge in [-0.2, -0.15) is 13.2 Å². The maximum atomic E-state index is 12.8. The molecule has 2 aromatic carbocycles. The molecule has 0 spiro atoms. The maximum absolute atomic E-state index is 12.8. The molecule has 2 aliphatic rings. The highest BCUT2D eigenvalue weighted by Gasteiger charge is 2.31. The molecule has 2 fully saturated rings. The van der Waals surface area contributed by atoms with E-state index >= 15 is 0 Å². The van der Waals surface area contributed by atoms with Crippen molar-refractivity contribution in [3.05, 3.63) is 59.2 Å². The average Bonchev–Trinajstić information content (AvgIpc) is 2.89. The van der Waals surface area contributed by atoms with E-state index in [0.29, 0.717) is 37.4 Å². The van der Waals surface area contributed by atoms with Gasteiger partial charge in [-0.15, -0.1) is 0 Å². The predicted octanol–water partition coefficient (Wildman–Crippen LogP) is 4.06. The Morgan fingerprint density at radius 1 is 0.892 bits per heavy atom. The van der Waals surface area contributed by atoms with Gasteiger partial charge in [0.25, 0.3) is 5.91 Å². The summed E-state index contributed by atoms with van der Waals surface area (Å²) in [7, 11) is 1.59. The monoisotopic (exact) mass is 519 g/mol. The van der Waals surface area contributed by atoms with Gasteiger partial charge in [0.15, 0.2) is 11.5 Å². The van der Waals surface area contributed by atoms with Gasteiger partial charge in [-0.25, -0.2) is 0 Å². The second-order valence-electron chi connectivity index (χ2n) is 9.45. The zero-order valence-corrected chi connectivity index (χ0v) is 21.1. The summed E-state index contributed by atoms with van der Waals surface area (Å²) in [6.07, 6.45) is -3.33. The number of nitrogens with zero attached hydrogens (tertiary/aromatic N) is 3. The summed E-state index contributed by atoms with van der Waals surface area (Å²) in [6.45, 7) is 6.31. The number of piperidine rings is 1. The van der Waals surface area contributed by atoms with Crippen LogP contribution in [-0.2, 0) is 17.5 Å². The Hall–Kier alpha value is -3.27. The number of amides is 2. The van der Waals surface area contributed by atoms with E-state index in [9.17, 15) is 22.8 Å². The minimum atomic E-state index is -4.43. The molecule has 2 saturated heterocycles. The van der Waals surface area contributed by atoms with Crippen LogP contribution < -0.4 is 9.47 Å². The summed E-state index contributed by atoms with van der Waals surface area (Å²) in [5.74, 6) is 1.10. The van der Waals surface area contributed by atoms with Crippen LogP contribution in [0.25, 0.3) is 0 Å². The zero-order valence-electron chi connectivity index (χ0n) is 21.1. The van der Waals surface area contributed by atoms with E-state index in [0.717, 1.165) is 50.4 Å². The number of rotatable bonds is 6. The predicted molar refractivity (Wildman–Crippen MR) is 132 cm³/mol. The van der Waals surface area contributed by atoms with Gasteiger partial charge in [0.05, 0.1) is 12.7 Å². The van der Waals surface area contributed by atoms with Crippen molar-refractivity contribution in [2.75, 3.05) is 46.4 Å². The van der Waals surface area contributed by atoms with Crippen LogP contribution in [0.15, 0.2) is 42.5 Å². The number of piperazine rings is 1. The van der Waals surface area contributed by atoms with Crippen LogP contribution >= 0.6 is 0 Å². The highest BCUT2D eigenvalue weighted by molar-refractivity contribution is 5.94. The SMILES string of the molecule is COc1ccc(CN2CCN(C(C)=O)CC2)cc1OC1CCN(C(=O)c2ccc(C(F)(F)F)cc2)CC1. The molecule has 0 aliphatic carbocycles. The molecule has 2 amide bonds. The zero-order chi connectivity index (χ0) is 26.6. The third kappa shape index (κ3) is 6.74. The number of hydrogen-bond donors (Lipinski definition) is 0. The molecule has 10 heteroatoms. The number of carbonyl (C=O) groups excluding carboxylic acids is 2. The summed E-state index contributed by atoms with van der Waals surface area (Å²) in [4.78, 5) is 30.1. The fourth-order valence-corrected chi connectivity index (χ4v) is 4.73. The molecular weight excluding hydrogens is 487 g/mol. The summed E-state index contributed by atoms with van der Waals surface area (Å²) >= 11 is 0. The van der Waals surface area contributed by atoms with Gasteiger partial charge < -0.3 is 19.3 Å². The van der Waals surface area contributed by atoms with E-state index in [1.165, 1.54) is 12.1 Å². The van der Waals surface area contributed by atoms with Gasteiger partial charge in [-0.3, -0.25) is 14.5 Å². The molecule has 0 bridgehead atoms. The van der Waals surface area contributed by atoms with Gasteiger partial charge in [-0.1, -0.05) is 6.07 Å². The number of benzene rings is 2. The van der Waals surface area contributed by atoms with Gasteiger partial charge in [0.1, 0.15) is 6.10 Å². The molecule has 0 unspecified atom stereocenters. The Morgan fingerprint density at radius 3 is 2.11 bits per heavy atom. The van der Waals surface area contributed by atoms with Crippen LogP contribution in [0.3, 0.4) is 0 Å². The highest BCUT2D eigenvalue weighted by Crippen LogP contribution is 2.32. The van der Waals surface area contributed by atoms with Crippen molar-refractivity contribution in [3.8, 4) is 11.5 Å². The standard InChI is InChI=1S/C27H32F3N3O4/c1-19(34)32-15-13-31(14-16-32)18-20-3-8-24(36-2)25(17-20)37-23-9-11-33(12-10-23)26(35)21-4-6-22(7-5-21)27(28,29)30/h3-8,17,23H,9-16,18H2,1-2H3. The van der Waals surface area contributed by atoms with Crippen molar-refractivity contribution in [1.29, 1.82) is 0 Å². The van der Waals surface area contributed by atoms with Crippen molar-refractivity contribution >= 4 is 11.8 Å². The number of likely N-dealkylation sites (tertiary alicyclic amines) is 1. The molecule has 2 heterocycles. The lowest BCUT2D eigenvalue weighted by molar-refractivity contribution is -0.137. The van der Waals surface area contributed by atoms with Gasteiger partial charge in [0.2, 0.25) is 5.91 Å². The molecule has 7 nitrogen and oxygen atoms in total. The van der Waals surface area contributed by atoms with Crippen LogP contribution in [0.1, 0.15) is 41.3 Å². The van der Waals surface area contributed by atoms with E-state index < -0.39 is 11.7 Å². The third-order valence-electron chi connectivity index (χ3n) is 6.93. The van der Waals surface area contributed by atoms with E-state index in [2.05, 4.69) is 4.90 Å². The van der Waals surface area contributed by atoms with Crippen LogP contribution in [0.5, 0.6) is 11.5 Å². The van der Waals surface area contributed by atoms with Crippen molar-refractivity contribution in [3.63, 3.8) is 0 Å². The van der Waals surface area contributed by atoms with Crippen LogP contribution in [-0.4, -0.2) is 79.0 Å². The number of alkyl halides is 3. The van der Waals surface area contributed by atoms with Crippen LogP contribution in [0.4, 0.5) is 13.2 Å². The first-order valence-electron chi connectivity index (χ1n) is 12.4. The van der Waals surface area contributed by atoms with E-state index in [4.69, 9.17) is 9.47 Å². The lowest BCUT2D eigenvalue weighted by Gasteiger charge is -2.34. The van der Waals surface area contributed by atoms with Crippen LogP contribution in [0, 0.1) is 0 Å². The van der Waals surface area contributed by atoms with E-state index in [-0.39, 0.29) is 23.5 Å². The molecular formula is C27H32F3N3O4. The number of hydrogen-bond acceptors (Lipinski definition) is 5. The number of ether oxygens (including phenoxy) is 2. The first-order chi connectivity index (χ1) is 17.6. The minimum absolute atomic E-state index is 0.104. The van der Waals surface area contributed by atoms with Crippen LogP contribution in [0.2, 0.25) is 0 Å². The molecule has 200 valence electrons. The normalized spacial score (nSPS) is 17.5. The molecule has 2 aromatic rings.